The molecule has 0 aromatic heterocycles. The molecule has 0 saturated heterocycles. The Kier molecular flexibility index (Phi) is 4.82. The summed E-state index contributed by atoms with van der Waals surface area (Å²) in [5.74, 6) is -0.843. The molecule has 1 aromatic carbocycles. The molecule has 0 atom stereocenters. The summed E-state index contributed by atoms with van der Waals surface area (Å²) in [6.07, 6.45) is -4.69. The van der Waals surface area contributed by atoms with Crippen LogP contribution in [0.15, 0.2) is 18.2 Å². The van der Waals surface area contributed by atoms with E-state index in [0.717, 1.165) is 12.1 Å². The van der Waals surface area contributed by atoms with E-state index in [9.17, 15) is 13.2 Å². The van der Waals surface area contributed by atoms with Crippen LogP contribution in [0.25, 0.3) is 0 Å². The Morgan fingerprint density at radius 1 is 1.22 bits per heavy atom. The first kappa shape index (κ1) is 14.6. The summed E-state index contributed by atoms with van der Waals surface area (Å²) in [5.41, 5.74) is -1.13. The van der Waals surface area contributed by atoms with Crippen molar-refractivity contribution in [2.45, 2.75) is 6.18 Å². The maximum absolute atomic E-state index is 12.7. The normalized spacial score (nSPS) is 11.2. The minimum Gasteiger partial charge on any atom is -0.512 e. The molecular weight excluding hydrogens is 256 g/mol. The first-order chi connectivity index (χ1) is 8.34. The minimum atomic E-state index is -4.69. The van der Waals surface area contributed by atoms with Crippen LogP contribution in [0, 0.1) is 0 Å². The number of rotatable bonds is 5. The smallest absolute Gasteiger partial charge is 0.512 e. The van der Waals surface area contributed by atoms with Gasteiger partial charge in [-0.15, -0.1) is 0 Å². The van der Waals surface area contributed by atoms with E-state index in [1.54, 1.807) is 0 Å². The average Bonchev–Trinajstić information content (AvgIpc) is 2.25. The van der Waals surface area contributed by atoms with Gasteiger partial charge in [0.1, 0.15) is 23.7 Å². The molecule has 0 heterocycles. The van der Waals surface area contributed by atoms with E-state index in [4.69, 9.17) is 19.9 Å². The first-order valence-corrected chi connectivity index (χ1v) is 4.82. The zero-order valence-electron chi connectivity index (χ0n) is 9.02. The van der Waals surface area contributed by atoms with Gasteiger partial charge >= 0.3 is 13.5 Å². The van der Waals surface area contributed by atoms with Crippen LogP contribution in [-0.2, 0) is 6.18 Å². The van der Waals surface area contributed by atoms with Crippen LogP contribution < -0.4 is 9.39 Å². The largest absolute Gasteiger partial charge is 0.707 e. The molecule has 18 heavy (non-hydrogen) atoms. The Balaban J connectivity index is 3.04. The lowest BCUT2D eigenvalue weighted by Crippen LogP contribution is -2.21. The third-order valence-electron chi connectivity index (χ3n) is 1.85. The van der Waals surface area contributed by atoms with Gasteiger partial charge in [-0.1, -0.05) is 0 Å². The number of aliphatic hydroxyl groups is 1. The highest BCUT2D eigenvalue weighted by atomic mass is 19.4. The van der Waals surface area contributed by atoms with E-state index in [1.807, 2.05) is 0 Å². The molecule has 0 radical (unpaired) electrons. The van der Waals surface area contributed by atoms with Crippen molar-refractivity contribution in [2.24, 2.45) is 0 Å². The highest BCUT2D eigenvalue weighted by Gasteiger charge is 2.35. The van der Waals surface area contributed by atoms with Crippen LogP contribution in [0.3, 0.4) is 0 Å². The summed E-state index contributed by atoms with van der Waals surface area (Å²) in [7, 11) is -2.21. The first-order valence-electron chi connectivity index (χ1n) is 4.82. The molecule has 0 bridgehead atoms. The zero-order chi connectivity index (χ0) is 13.8. The van der Waals surface area contributed by atoms with E-state index in [1.165, 1.54) is 0 Å². The molecule has 0 aliphatic heterocycles. The van der Waals surface area contributed by atoms with E-state index in [0.29, 0.717) is 6.07 Å². The molecular formula is C9H10BF3O5. The van der Waals surface area contributed by atoms with Crippen molar-refractivity contribution in [3.63, 3.8) is 0 Å². The topological polar surface area (TPSA) is 79.2 Å². The fraction of sp³-hybridized carbons (Fsp3) is 0.333. The van der Waals surface area contributed by atoms with Crippen LogP contribution in [0.5, 0.6) is 11.5 Å². The third kappa shape index (κ3) is 4.10. The summed E-state index contributed by atoms with van der Waals surface area (Å²) in [6.45, 7) is -0.711. The summed E-state index contributed by atoms with van der Waals surface area (Å²) in [5, 5.41) is 25.5. The Hall–Kier alpha value is -1.45. The maximum Gasteiger partial charge on any atom is 0.707 e. The van der Waals surface area contributed by atoms with Gasteiger partial charge in [0.15, 0.2) is 0 Å². The molecule has 0 spiro atoms. The number of hydrogen-bond donors (Lipinski definition) is 3. The fourth-order valence-electron chi connectivity index (χ4n) is 1.21. The Morgan fingerprint density at radius 3 is 2.39 bits per heavy atom. The summed E-state index contributed by atoms with van der Waals surface area (Å²) in [6, 6.07) is 2.63. The summed E-state index contributed by atoms with van der Waals surface area (Å²) in [4.78, 5) is 0. The molecule has 1 aromatic rings. The molecule has 0 aliphatic carbocycles. The van der Waals surface area contributed by atoms with Crippen molar-refractivity contribution in [2.75, 3.05) is 13.2 Å². The molecule has 0 aliphatic rings. The van der Waals surface area contributed by atoms with Gasteiger partial charge < -0.3 is 24.5 Å². The molecule has 3 N–H and O–H groups in total. The standard InChI is InChI=1S/C9H10BF3O5/c11-9(12,13)7-5-6(18-10(15)16)1-2-8(7)17-4-3-14/h1-2,5,14-16H,3-4H2. The van der Waals surface area contributed by atoms with E-state index in [2.05, 4.69) is 4.65 Å². The van der Waals surface area contributed by atoms with Crippen molar-refractivity contribution in [1.82, 2.24) is 0 Å². The quantitative estimate of drug-likeness (QED) is 0.673. The second-order valence-electron chi connectivity index (χ2n) is 3.17. The Labute approximate surface area is 101 Å². The highest BCUT2D eigenvalue weighted by molar-refractivity contribution is 6.33. The number of ether oxygens (including phenoxy) is 1. The molecule has 100 valence electrons. The van der Waals surface area contributed by atoms with Gasteiger partial charge in [0.25, 0.3) is 0 Å². The van der Waals surface area contributed by atoms with Gasteiger partial charge in [-0.25, -0.2) is 0 Å². The molecule has 0 fully saturated rings. The second kappa shape index (κ2) is 5.94. The Bertz CT molecular complexity index is 396. The lowest BCUT2D eigenvalue weighted by atomic mass is 10.1. The van der Waals surface area contributed by atoms with Gasteiger partial charge in [0.05, 0.1) is 6.61 Å². The monoisotopic (exact) mass is 266 g/mol. The molecule has 1 rings (SSSR count). The van der Waals surface area contributed by atoms with Crippen molar-refractivity contribution in [1.29, 1.82) is 0 Å². The third-order valence-corrected chi connectivity index (χ3v) is 1.85. The molecule has 5 nitrogen and oxygen atoms in total. The van der Waals surface area contributed by atoms with Crippen LogP contribution >= 0.6 is 0 Å². The Morgan fingerprint density at radius 2 is 1.89 bits per heavy atom. The summed E-state index contributed by atoms with van der Waals surface area (Å²) < 4.78 is 47.0. The van der Waals surface area contributed by atoms with Crippen LogP contribution in [0.2, 0.25) is 0 Å². The molecule has 0 saturated carbocycles. The van der Waals surface area contributed by atoms with Crippen LogP contribution in [0.4, 0.5) is 13.2 Å². The predicted octanol–water partition coefficient (Wildman–Crippen LogP) is 0.425. The number of benzene rings is 1. The van der Waals surface area contributed by atoms with Crippen molar-refractivity contribution in [3.8, 4) is 11.5 Å². The van der Waals surface area contributed by atoms with Gasteiger partial charge in [0.2, 0.25) is 0 Å². The van der Waals surface area contributed by atoms with Crippen molar-refractivity contribution in [3.05, 3.63) is 23.8 Å². The number of hydrogen-bond acceptors (Lipinski definition) is 5. The molecule has 0 unspecified atom stereocenters. The maximum atomic E-state index is 12.7. The van der Waals surface area contributed by atoms with E-state index < -0.39 is 31.4 Å². The van der Waals surface area contributed by atoms with E-state index >= 15 is 0 Å². The van der Waals surface area contributed by atoms with E-state index in [-0.39, 0.29) is 12.4 Å². The van der Waals surface area contributed by atoms with Crippen molar-refractivity contribution < 1.29 is 37.7 Å². The van der Waals surface area contributed by atoms with Crippen LogP contribution in [-0.4, -0.2) is 35.7 Å². The van der Waals surface area contributed by atoms with Gasteiger partial charge in [-0.05, 0) is 18.2 Å². The lowest BCUT2D eigenvalue weighted by molar-refractivity contribution is -0.139. The predicted molar refractivity (Wildman–Crippen MR) is 54.8 cm³/mol. The SMILES string of the molecule is OCCOc1ccc(OB(O)O)cc1C(F)(F)F. The molecule has 9 heteroatoms. The number of halogens is 3. The van der Waals surface area contributed by atoms with Gasteiger partial charge in [0, 0.05) is 0 Å². The summed E-state index contributed by atoms with van der Waals surface area (Å²) >= 11 is 0. The van der Waals surface area contributed by atoms with Crippen molar-refractivity contribution >= 4 is 7.32 Å². The lowest BCUT2D eigenvalue weighted by Gasteiger charge is -2.15. The fourth-order valence-corrected chi connectivity index (χ4v) is 1.21. The second-order valence-corrected chi connectivity index (χ2v) is 3.17. The van der Waals surface area contributed by atoms with Gasteiger partial charge in [-0.2, -0.15) is 13.2 Å². The average molecular weight is 266 g/mol. The molecule has 0 amide bonds. The number of alkyl halides is 3. The van der Waals surface area contributed by atoms with Crippen LogP contribution in [0.1, 0.15) is 5.56 Å². The zero-order valence-corrected chi connectivity index (χ0v) is 9.02. The minimum absolute atomic E-state index is 0.286. The highest BCUT2D eigenvalue weighted by Crippen LogP contribution is 2.38. The van der Waals surface area contributed by atoms with Gasteiger partial charge in [-0.3, -0.25) is 0 Å². The number of aliphatic hydroxyl groups excluding tert-OH is 1.